The minimum Gasteiger partial charge on any atom is -0.493 e. The third-order valence-electron chi connectivity index (χ3n) is 6.45. The fraction of sp³-hybridized carbons (Fsp3) is 0.462. The molecule has 2 aliphatic heterocycles. The highest BCUT2D eigenvalue weighted by Gasteiger charge is 2.25. The number of amides is 2. The van der Waals surface area contributed by atoms with Crippen LogP contribution in [-0.4, -0.2) is 60.2 Å². The normalized spacial score (nSPS) is 18.5. The summed E-state index contributed by atoms with van der Waals surface area (Å²) < 4.78 is 5.71. The molecule has 2 amide bonds. The Morgan fingerprint density at radius 1 is 1.18 bits per heavy atom. The molecule has 0 radical (unpaired) electrons. The zero-order valence-electron chi connectivity index (χ0n) is 19.2. The molecule has 0 aromatic heterocycles. The molecule has 1 saturated heterocycles. The van der Waals surface area contributed by atoms with Crippen LogP contribution in [0.25, 0.3) is 0 Å². The van der Waals surface area contributed by atoms with E-state index in [2.05, 4.69) is 22.8 Å². The van der Waals surface area contributed by atoms with E-state index in [0.717, 1.165) is 37.9 Å². The summed E-state index contributed by atoms with van der Waals surface area (Å²) in [5.74, 6) is 0.267. The van der Waals surface area contributed by atoms with E-state index in [-0.39, 0.29) is 24.4 Å². The fourth-order valence-corrected chi connectivity index (χ4v) is 4.58. The minimum atomic E-state index is -0.713. The third kappa shape index (κ3) is 5.72. The topological polar surface area (TPSA) is 90.9 Å². The number of fused-ring (bicyclic) bond motifs is 1. The molecule has 1 fully saturated rings. The van der Waals surface area contributed by atoms with E-state index in [0.29, 0.717) is 30.9 Å². The number of hydrogen-bond acceptors (Lipinski definition) is 5. The summed E-state index contributed by atoms with van der Waals surface area (Å²) in [5, 5.41) is 16.9. The molecule has 2 aliphatic rings. The number of ether oxygens (including phenoxy) is 1. The number of nitrogens with zero attached hydrogens (tertiary/aromatic N) is 1. The Morgan fingerprint density at radius 3 is 2.70 bits per heavy atom. The van der Waals surface area contributed by atoms with Crippen LogP contribution in [0.1, 0.15) is 46.8 Å². The summed E-state index contributed by atoms with van der Waals surface area (Å²) in [6, 6.07) is 13.4. The average molecular weight is 452 g/mol. The van der Waals surface area contributed by atoms with Gasteiger partial charge in [-0.05, 0) is 55.0 Å². The Balaban J connectivity index is 1.36. The van der Waals surface area contributed by atoms with Crippen molar-refractivity contribution in [2.24, 2.45) is 0 Å². The van der Waals surface area contributed by atoms with Gasteiger partial charge in [-0.25, -0.2) is 0 Å². The van der Waals surface area contributed by atoms with Crippen LogP contribution in [0.2, 0.25) is 0 Å². The molecule has 0 aliphatic carbocycles. The Morgan fingerprint density at radius 2 is 1.94 bits per heavy atom. The second kappa shape index (κ2) is 10.8. The van der Waals surface area contributed by atoms with Gasteiger partial charge in [-0.3, -0.25) is 9.59 Å². The third-order valence-corrected chi connectivity index (χ3v) is 6.45. The Labute approximate surface area is 195 Å². The molecule has 4 rings (SSSR count). The van der Waals surface area contributed by atoms with Crippen molar-refractivity contribution in [1.29, 1.82) is 0 Å². The molecule has 0 bridgehead atoms. The quantitative estimate of drug-likeness (QED) is 0.572. The maximum atomic E-state index is 12.9. The van der Waals surface area contributed by atoms with E-state index < -0.39 is 6.10 Å². The van der Waals surface area contributed by atoms with Crippen molar-refractivity contribution in [2.45, 2.75) is 51.3 Å². The molecule has 2 unspecified atom stereocenters. The maximum absolute atomic E-state index is 12.9. The average Bonchev–Trinajstić information content (AvgIpc) is 3.38. The number of carbonyl (C=O) groups is 2. The van der Waals surface area contributed by atoms with Gasteiger partial charge in [-0.2, -0.15) is 0 Å². The molecule has 176 valence electrons. The monoisotopic (exact) mass is 451 g/mol. The van der Waals surface area contributed by atoms with Gasteiger partial charge in [0.05, 0.1) is 24.7 Å². The lowest BCUT2D eigenvalue weighted by molar-refractivity contribution is -0.129. The predicted molar refractivity (Wildman–Crippen MR) is 126 cm³/mol. The van der Waals surface area contributed by atoms with E-state index in [9.17, 15) is 14.7 Å². The lowest BCUT2D eigenvalue weighted by Crippen LogP contribution is -2.49. The molecule has 2 aromatic rings. The smallest absolute Gasteiger partial charge is 0.255 e. The Kier molecular flexibility index (Phi) is 7.62. The van der Waals surface area contributed by atoms with Crippen LogP contribution in [0.5, 0.6) is 5.75 Å². The zero-order valence-corrected chi connectivity index (χ0v) is 19.2. The summed E-state index contributed by atoms with van der Waals surface area (Å²) in [6.45, 7) is 4.76. The molecule has 3 N–H and O–H groups in total. The standard InChI is InChI=1S/C26H33N3O4/c1-2-33-24-13-18(14-25(31)29-11-5-6-12-29)9-10-21(24)26(32)28-17-23(30)22-15-19-7-3-4-8-20(19)16-27-22/h3-4,7-10,13,22-23,27,30H,2,5-6,11-12,14-17H2,1H3,(H,28,32). The van der Waals surface area contributed by atoms with Crippen molar-refractivity contribution in [1.82, 2.24) is 15.5 Å². The highest BCUT2D eigenvalue weighted by atomic mass is 16.5. The van der Waals surface area contributed by atoms with Crippen molar-refractivity contribution in [2.75, 3.05) is 26.2 Å². The predicted octanol–water partition coefficient (Wildman–Crippen LogP) is 2.06. The van der Waals surface area contributed by atoms with Crippen LogP contribution in [-0.2, 0) is 24.2 Å². The molecule has 33 heavy (non-hydrogen) atoms. The first-order valence-electron chi connectivity index (χ1n) is 11.8. The lowest BCUT2D eigenvalue weighted by Gasteiger charge is -2.30. The van der Waals surface area contributed by atoms with E-state index in [1.54, 1.807) is 18.2 Å². The summed E-state index contributed by atoms with van der Waals surface area (Å²) in [5.41, 5.74) is 3.71. The van der Waals surface area contributed by atoms with Crippen molar-refractivity contribution < 1.29 is 19.4 Å². The van der Waals surface area contributed by atoms with Crippen molar-refractivity contribution >= 4 is 11.8 Å². The molecule has 2 atom stereocenters. The largest absolute Gasteiger partial charge is 0.493 e. The number of rotatable bonds is 8. The first-order valence-corrected chi connectivity index (χ1v) is 11.8. The van der Waals surface area contributed by atoms with Crippen LogP contribution in [0, 0.1) is 0 Å². The van der Waals surface area contributed by atoms with Gasteiger partial charge in [0, 0.05) is 32.2 Å². The van der Waals surface area contributed by atoms with Gasteiger partial charge >= 0.3 is 0 Å². The van der Waals surface area contributed by atoms with Gasteiger partial charge in [-0.1, -0.05) is 30.3 Å². The van der Waals surface area contributed by atoms with Crippen LogP contribution < -0.4 is 15.4 Å². The first kappa shape index (κ1) is 23.3. The van der Waals surface area contributed by atoms with Crippen LogP contribution >= 0.6 is 0 Å². The highest BCUT2D eigenvalue weighted by molar-refractivity contribution is 5.97. The Bertz CT molecular complexity index is 987. The van der Waals surface area contributed by atoms with Gasteiger partial charge in [-0.15, -0.1) is 0 Å². The van der Waals surface area contributed by atoms with E-state index in [4.69, 9.17) is 4.74 Å². The van der Waals surface area contributed by atoms with Gasteiger partial charge in [0.25, 0.3) is 5.91 Å². The van der Waals surface area contributed by atoms with E-state index in [1.807, 2.05) is 24.0 Å². The number of benzene rings is 2. The lowest BCUT2D eigenvalue weighted by atomic mass is 9.93. The second-order valence-electron chi connectivity index (χ2n) is 8.77. The minimum absolute atomic E-state index is 0.108. The van der Waals surface area contributed by atoms with Crippen LogP contribution in [0.4, 0.5) is 0 Å². The number of carbonyl (C=O) groups excluding carboxylic acids is 2. The fourth-order valence-electron chi connectivity index (χ4n) is 4.58. The molecule has 2 heterocycles. The number of likely N-dealkylation sites (tertiary alicyclic amines) is 1. The molecule has 0 spiro atoms. The zero-order chi connectivity index (χ0) is 23.2. The Hall–Kier alpha value is -2.90. The molecule has 7 nitrogen and oxygen atoms in total. The van der Waals surface area contributed by atoms with Gasteiger partial charge < -0.3 is 25.4 Å². The SMILES string of the molecule is CCOc1cc(CC(=O)N2CCCC2)ccc1C(=O)NCC(O)C1Cc2ccccc2CN1. The van der Waals surface area contributed by atoms with Crippen molar-refractivity contribution in [3.8, 4) is 5.75 Å². The summed E-state index contributed by atoms with van der Waals surface area (Å²) >= 11 is 0. The number of nitrogens with one attached hydrogen (secondary N) is 2. The van der Waals surface area contributed by atoms with Gasteiger partial charge in [0.2, 0.25) is 5.91 Å². The number of aliphatic hydroxyl groups excluding tert-OH is 1. The number of aliphatic hydroxyl groups is 1. The van der Waals surface area contributed by atoms with Crippen molar-refractivity contribution in [3.63, 3.8) is 0 Å². The molecule has 0 saturated carbocycles. The second-order valence-corrected chi connectivity index (χ2v) is 8.77. The van der Waals surface area contributed by atoms with Gasteiger partial charge in [0.15, 0.2) is 0 Å². The van der Waals surface area contributed by atoms with E-state index >= 15 is 0 Å². The first-order chi connectivity index (χ1) is 16.0. The summed E-state index contributed by atoms with van der Waals surface area (Å²) in [7, 11) is 0. The van der Waals surface area contributed by atoms with Gasteiger partial charge in [0.1, 0.15) is 5.75 Å². The maximum Gasteiger partial charge on any atom is 0.255 e. The van der Waals surface area contributed by atoms with Crippen LogP contribution in [0.3, 0.4) is 0 Å². The highest BCUT2D eigenvalue weighted by Crippen LogP contribution is 2.23. The molecule has 7 heteroatoms. The molecular weight excluding hydrogens is 418 g/mol. The number of hydrogen-bond donors (Lipinski definition) is 3. The summed E-state index contributed by atoms with van der Waals surface area (Å²) in [6.07, 6.45) is 2.43. The molecule has 2 aromatic carbocycles. The molecular formula is C26H33N3O4. The van der Waals surface area contributed by atoms with Crippen molar-refractivity contribution in [3.05, 3.63) is 64.7 Å². The summed E-state index contributed by atoms with van der Waals surface area (Å²) in [4.78, 5) is 27.2. The van der Waals surface area contributed by atoms with Crippen LogP contribution in [0.15, 0.2) is 42.5 Å². The van der Waals surface area contributed by atoms with E-state index in [1.165, 1.54) is 11.1 Å².